The van der Waals surface area contributed by atoms with E-state index in [9.17, 15) is 9.59 Å². The Morgan fingerprint density at radius 1 is 1.07 bits per heavy atom. The molecule has 218 valence electrons. The van der Waals surface area contributed by atoms with Crippen LogP contribution in [0.15, 0.2) is 71.5 Å². The lowest BCUT2D eigenvalue weighted by Gasteiger charge is -2.08. The molecule has 5 aromatic rings. The number of methoxy groups -OCH3 is 1. The lowest BCUT2D eigenvalue weighted by molar-refractivity contribution is -0.377. The van der Waals surface area contributed by atoms with Gasteiger partial charge in [0.2, 0.25) is 6.41 Å². The van der Waals surface area contributed by atoms with Crippen molar-refractivity contribution < 1.29 is 19.3 Å². The fourth-order valence-electron chi connectivity index (χ4n) is 3.70. The van der Waals surface area contributed by atoms with E-state index >= 15 is 0 Å². The van der Waals surface area contributed by atoms with Crippen molar-refractivity contribution in [1.29, 1.82) is 0 Å². The van der Waals surface area contributed by atoms with Gasteiger partial charge < -0.3 is 24.9 Å². The summed E-state index contributed by atoms with van der Waals surface area (Å²) in [6, 6.07) is 18.4. The number of aromatic nitrogens is 3. The summed E-state index contributed by atoms with van der Waals surface area (Å²) in [5.74, 6) is -0.245. The van der Waals surface area contributed by atoms with E-state index in [1.807, 2.05) is 63.7 Å². The Bertz CT molecular complexity index is 1530. The number of esters is 1. The fourth-order valence-corrected chi connectivity index (χ4v) is 4.24. The Morgan fingerprint density at radius 2 is 1.76 bits per heavy atom. The SMILES string of the molecule is CCCNC=O.CN(C)c1cc[nH+]cc1.COC(C)=O.Cc1c(-c2cc3cc(Cl)ccc3[nH]2)[nH]c2cc(Br)ccc12. The first-order valence-corrected chi connectivity index (χ1v) is 14.2. The molecular formula is C31H38BrClN5O3+. The summed E-state index contributed by atoms with van der Waals surface area (Å²) in [5, 5.41) is 5.63. The molecule has 0 radical (unpaired) electrons. The van der Waals surface area contributed by atoms with E-state index in [1.165, 1.54) is 30.7 Å². The number of halogens is 2. The monoisotopic (exact) mass is 642 g/mol. The third kappa shape index (κ3) is 10.6. The zero-order chi connectivity index (χ0) is 30.4. The highest BCUT2D eigenvalue weighted by atomic mass is 79.9. The minimum atomic E-state index is -0.245. The molecule has 3 aromatic heterocycles. The van der Waals surface area contributed by atoms with E-state index in [0.29, 0.717) is 6.41 Å². The van der Waals surface area contributed by atoms with E-state index in [1.54, 1.807) is 0 Å². The van der Waals surface area contributed by atoms with Crippen LogP contribution in [-0.2, 0) is 14.3 Å². The highest BCUT2D eigenvalue weighted by molar-refractivity contribution is 9.10. The van der Waals surface area contributed by atoms with Gasteiger partial charge >= 0.3 is 5.97 Å². The molecule has 41 heavy (non-hydrogen) atoms. The first kappa shape index (κ1) is 33.4. The molecule has 8 nitrogen and oxygen atoms in total. The van der Waals surface area contributed by atoms with Crippen molar-refractivity contribution in [3.63, 3.8) is 0 Å². The maximum atomic E-state index is 9.59. The van der Waals surface area contributed by atoms with E-state index in [2.05, 4.69) is 77.0 Å². The summed E-state index contributed by atoms with van der Waals surface area (Å²) in [5.41, 5.74) is 6.89. The average Bonchev–Trinajstić information content (AvgIpc) is 3.53. The number of carbonyl (C=O) groups excluding carboxylic acids is 2. The molecule has 10 heteroatoms. The minimum absolute atomic E-state index is 0.245. The first-order valence-electron chi connectivity index (χ1n) is 13.0. The van der Waals surface area contributed by atoms with Gasteiger partial charge in [-0.1, -0.05) is 40.5 Å². The van der Waals surface area contributed by atoms with Gasteiger partial charge in [0.15, 0.2) is 12.4 Å². The van der Waals surface area contributed by atoms with Gasteiger partial charge in [0.25, 0.3) is 0 Å². The van der Waals surface area contributed by atoms with Crippen LogP contribution >= 0.6 is 27.5 Å². The van der Waals surface area contributed by atoms with Gasteiger partial charge in [0.1, 0.15) is 0 Å². The van der Waals surface area contributed by atoms with Gasteiger partial charge in [-0.25, -0.2) is 4.98 Å². The van der Waals surface area contributed by atoms with Gasteiger partial charge in [-0.3, -0.25) is 9.59 Å². The Balaban J connectivity index is 0.000000243. The van der Waals surface area contributed by atoms with Crippen molar-refractivity contribution in [1.82, 2.24) is 15.3 Å². The summed E-state index contributed by atoms with van der Waals surface area (Å²) in [6.07, 6.45) is 5.55. The second kappa shape index (κ2) is 17.1. The van der Waals surface area contributed by atoms with Crippen LogP contribution in [-0.4, -0.2) is 50.1 Å². The number of nitrogens with zero attached hydrogens (tertiary/aromatic N) is 1. The number of anilines is 1. The van der Waals surface area contributed by atoms with Gasteiger partial charge in [-0.15, -0.1) is 0 Å². The van der Waals surface area contributed by atoms with Crippen LogP contribution in [0.2, 0.25) is 5.02 Å². The molecule has 0 spiro atoms. The number of nitrogens with one attached hydrogen (secondary N) is 4. The van der Waals surface area contributed by atoms with Gasteiger partial charge in [-0.2, -0.15) is 0 Å². The van der Waals surface area contributed by atoms with Crippen LogP contribution in [0.4, 0.5) is 5.69 Å². The molecule has 5 rings (SSSR count). The summed E-state index contributed by atoms with van der Waals surface area (Å²) in [7, 11) is 5.40. The number of H-pyrrole nitrogens is 3. The van der Waals surface area contributed by atoms with Crippen molar-refractivity contribution in [3.05, 3.63) is 82.0 Å². The number of hydrogen-bond donors (Lipinski definition) is 3. The molecule has 1 amide bonds. The predicted molar refractivity (Wildman–Crippen MR) is 172 cm³/mol. The standard InChI is InChI=1S/C17H12BrClN2.C7H10N2.C4H9NO.C3H6O2/c1-9-13-4-2-11(18)8-15(13)21-17(9)16-7-10-6-12(19)3-5-14(10)20-16;1-9(2)7-3-5-8-6-4-7;1-2-3-5-4-6;1-3(4)5-2/h2-8,20-21H,1H3;3-6H,1-2H3;4H,2-3H2,1H3,(H,5,6);1-2H3/p+1. The maximum Gasteiger partial charge on any atom is 0.302 e. The zero-order valence-electron chi connectivity index (χ0n) is 24.3. The molecular weight excluding hydrogens is 606 g/mol. The highest BCUT2D eigenvalue weighted by Crippen LogP contribution is 2.33. The molecule has 0 saturated carbocycles. The van der Waals surface area contributed by atoms with E-state index in [0.717, 1.165) is 50.3 Å². The number of carbonyl (C=O) groups is 2. The van der Waals surface area contributed by atoms with Crippen molar-refractivity contribution in [2.75, 3.05) is 32.6 Å². The van der Waals surface area contributed by atoms with Crippen molar-refractivity contribution >= 4 is 67.4 Å². The second-order valence-electron chi connectivity index (χ2n) is 9.15. The number of pyridine rings is 1. The van der Waals surface area contributed by atoms with Gasteiger partial charge in [0, 0.05) is 76.7 Å². The molecule has 0 saturated heterocycles. The normalized spacial score (nSPS) is 9.85. The van der Waals surface area contributed by atoms with Crippen LogP contribution in [0.25, 0.3) is 33.2 Å². The number of fused-ring (bicyclic) bond motifs is 2. The van der Waals surface area contributed by atoms with Crippen LogP contribution < -0.4 is 15.2 Å². The summed E-state index contributed by atoms with van der Waals surface area (Å²) in [4.78, 5) is 31.0. The number of hydrogen-bond acceptors (Lipinski definition) is 4. The minimum Gasteiger partial charge on any atom is -0.469 e. The Morgan fingerprint density at radius 3 is 2.29 bits per heavy atom. The number of benzene rings is 2. The lowest BCUT2D eigenvalue weighted by atomic mass is 10.1. The molecule has 0 fully saturated rings. The van der Waals surface area contributed by atoms with E-state index in [4.69, 9.17) is 11.6 Å². The topological polar surface area (TPSA) is 104 Å². The van der Waals surface area contributed by atoms with Crippen LogP contribution in [0, 0.1) is 6.92 Å². The molecule has 2 aromatic carbocycles. The number of aromatic amines is 3. The predicted octanol–water partition coefficient (Wildman–Crippen LogP) is 6.93. The van der Waals surface area contributed by atoms with Crippen LogP contribution in [0.1, 0.15) is 25.8 Å². The van der Waals surface area contributed by atoms with E-state index in [-0.39, 0.29) is 5.97 Å². The maximum absolute atomic E-state index is 9.59. The first-order chi connectivity index (χ1) is 19.6. The Kier molecular flexibility index (Phi) is 13.9. The van der Waals surface area contributed by atoms with Gasteiger partial charge in [0.05, 0.1) is 18.5 Å². The highest BCUT2D eigenvalue weighted by Gasteiger charge is 2.12. The van der Waals surface area contributed by atoms with Crippen molar-refractivity contribution in [2.45, 2.75) is 27.2 Å². The smallest absolute Gasteiger partial charge is 0.302 e. The number of rotatable bonds is 5. The number of ether oxygens (including phenoxy) is 1. The lowest BCUT2D eigenvalue weighted by Crippen LogP contribution is -2.10. The Labute approximate surface area is 254 Å². The quantitative estimate of drug-likeness (QED) is 0.110. The molecule has 0 aliphatic heterocycles. The number of aryl methyl sites for hydroxylation is 1. The van der Waals surface area contributed by atoms with Crippen LogP contribution in [0.3, 0.4) is 0 Å². The molecule has 0 aliphatic rings. The fraction of sp³-hybridized carbons (Fsp3) is 0.258. The third-order valence-corrected chi connectivity index (χ3v) is 6.58. The zero-order valence-corrected chi connectivity index (χ0v) is 26.6. The largest absolute Gasteiger partial charge is 0.469 e. The summed E-state index contributed by atoms with van der Waals surface area (Å²) in [6.45, 7) is 6.31. The second-order valence-corrected chi connectivity index (χ2v) is 10.5. The molecule has 3 heterocycles. The van der Waals surface area contributed by atoms with Gasteiger partial charge in [-0.05, 0) is 55.3 Å². The third-order valence-electron chi connectivity index (χ3n) is 5.85. The van der Waals surface area contributed by atoms with Crippen molar-refractivity contribution in [3.8, 4) is 11.4 Å². The van der Waals surface area contributed by atoms with Crippen LogP contribution in [0.5, 0.6) is 0 Å². The summed E-state index contributed by atoms with van der Waals surface area (Å²) >= 11 is 9.58. The van der Waals surface area contributed by atoms with Crippen molar-refractivity contribution in [2.24, 2.45) is 0 Å². The molecule has 0 unspecified atom stereocenters. The summed E-state index contributed by atoms with van der Waals surface area (Å²) < 4.78 is 5.19. The molecule has 0 bridgehead atoms. The van der Waals surface area contributed by atoms with E-state index < -0.39 is 0 Å². The average molecular weight is 644 g/mol. The Hall–Kier alpha value is -3.82. The molecule has 0 aliphatic carbocycles. The molecule has 4 N–H and O–H groups in total. The number of amides is 1. The molecule has 0 atom stereocenters.